The number of aromatic carboxylic acids is 1. The van der Waals surface area contributed by atoms with E-state index in [2.05, 4.69) is 175 Å². The normalized spacial score (nSPS) is 14.6. The minimum atomic E-state index is -0.921. The molecule has 0 saturated carbocycles. The van der Waals surface area contributed by atoms with E-state index < -0.39 is 17.2 Å². The number of pyridine rings is 2. The molecule has 2 aromatic heterocycles. The third-order valence-corrected chi connectivity index (χ3v) is 21.6. The molecule has 2 saturated heterocycles. The van der Waals surface area contributed by atoms with Gasteiger partial charge in [-0.3, -0.25) is 38.6 Å². The second kappa shape index (κ2) is 65.4. The van der Waals surface area contributed by atoms with Crippen molar-refractivity contribution in [1.29, 1.82) is 0 Å². The lowest BCUT2D eigenvalue weighted by atomic mass is 9.91. The minimum absolute atomic E-state index is 0. The van der Waals surface area contributed by atoms with Gasteiger partial charge in [-0.1, -0.05) is 166 Å². The van der Waals surface area contributed by atoms with E-state index >= 15 is 0 Å². The summed E-state index contributed by atoms with van der Waals surface area (Å²) in [6, 6.07) is 41.8. The van der Waals surface area contributed by atoms with Crippen molar-refractivity contribution in [2.45, 2.75) is 239 Å². The summed E-state index contributed by atoms with van der Waals surface area (Å²) in [6.07, 6.45) is 19.3. The van der Waals surface area contributed by atoms with E-state index in [1.165, 1.54) is 70.0 Å². The molecule has 9 N–H and O–H groups in total. The zero-order valence-electron chi connectivity index (χ0n) is 70.6. The van der Waals surface area contributed by atoms with E-state index in [0.717, 1.165) is 222 Å². The average molecular weight is 1860 g/mol. The predicted molar refractivity (Wildman–Crippen MR) is 515 cm³/mol. The largest absolute Gasteiger partial charge is 0.478 e. The smallest absolute Gasteiger partial charge is 0.407 e. The number of carboxylic acids is 1. The fourth-order valence-corrected chi connectivity index (χ4v) is 14.5. The van der Waals surface area contributed by atoms with Crippen LogP contribution in [0.4, 0.5) is 15.4 Å². The zero-order valence-corrected chi connectivity index (χ0v) is 75.4. The number of unbranched alkanes of at least 4 members (excludes halogenated alkanes) is 1. The number of piperidine rings is 2. The van der Waals surface area contributed by atoms with E-state index in [-0.39, 0.29) is 86.9 Å². The molecular weight excluding hydrogens is 1710 g/mol. The number of benzene rings is 4. The molecule has 23 nitrogen and oxygen atoms in total. The number of alkyl halides is 2. The summed E-state index contributed by atoms with van der Waals surface area (Å²) in [5.41, 5.74) is 23.5. The molecule has 4 amide bonds. The number of anilines is 1. The van der Waals surface area contributed by atoms with Crippen molar-refractivity contribution in [2.75, 3.05) is 114 Å². The van der Waals surface area contributed by atoms with Gasteiger partial charge in [-0.15, -0.1) is 0 Å². The molecule has 0 atom stereocenters. The molecule has 6 aliphatic rings. The fourth-order valence-electron chi connectivity index (χ4n) is 13.9. The van der Waals surface area contributed by atoms with Crippen molar-refractivity contribution in [1.82, 2.24) is 50.4 Å². The van der Waals surface area contributed by atoms with E-state index in [0.29, 0.717) is 25.4 Å². The van der Waals surface area contributed by atoms with Crippen LogP contribution in [0, 0.1) is 5.92 Å². The van der Waals surface area contributed by atoms with Crippen molar-refractivity contribution in [3.8, 4) is 0 Å². The highest BCUT2D eigenvalue weighted by atomic mass is 79.9. The number of nitrogens with zero attached hydrogens (tertiary/aromatic N) is 7. The van der Waals surface area contributed by atoms with Gasteiger partial charge in [0.25, 0.3) is 0 Å². The summed E-state index contributed by atoms with van der Waals surface area (Å²) in [5.74, 6) is 0.765. The first-order chi connectivity index (χ1) is 56.2. The summed E-state index contributed by atoms with van der Waals surface area (Å²) >= 11 is 11.2. The Labute approximate surface area is 758 Å². The van der Waals surface area contributed by atoms with Crippen LogP contribution in [0.15, 0.2) is 134 Å². The number of amides is 4. The van der Waals surface area contributed by atoms with E-state index in [9.17, 15) is 28.8 Å². The molecule has 0 aliphatic carbocycles. The number of hydrogen-bond acceptors (Lipinski definition) is 18. The number of carbonyl (C=O) groups excluding carboxylic acids is 5. The summed E-state index contributed by atoms with van der Waals surface area (Å²) in [4.78, 5) is 88.6. The van der Waals surface area contributed by atoms with Crippen LogP contribution in [0.3, 0.4) is 0 Å². The summed E-state index contributed by atoms with van der Waals surface area (Å²) in [7, 11) is -0.111. The molecule has 681 valence electrons. The number of Topliss-reactive ketones (excluding diaryl/α,β-unsaturated/α-hetero) is 1. The van der Waals surface area contributed by atoms with Crippen molar-refractivity contribution in [3.05, 3.63) is 195 Å². The van der Waals surface area contributed by atoms with Gasteiger partial charge in [-0.25, -0.2) is 19.4 Å². The Morgan fingerprint density at radius 3 is 1.37 bits per heavy atom. The highest BCUT2D eigenvalue weighted by Gasteiger charge is 2.25. The highest BCUT2D eigenvalue weighted by Crippen LogP contribution is 2.25. The van der Waals surface area contributed by atoms with Gasteiger partial charge >= 0.3 is 24.6 Å². The lowest BCUT2D eigenvalue weighted by molar-refractivity contribution is -0.130. The van der Waals surface area contributed by atoms with Crippen LogP contribution in [0.2, 0.25) is 0 Å². The van der Waals surface area contributed by atoms with Gasteiger partial charge in [0.05, 0.1) is 5.56 Å². The number of aromatic nitrogens is 2. The second-order valence-electron chi connectivity index (χ2n) is 31.7. The molecule has 0 bridgehead atoms. The van der Waals surface area contributed by atoms with Crippen LogP contribution in [0.1, 0.15) is 234 Å². The van der Waals surface area contributed by atoms with E-state index in [4.69, 9.17) is 42.1 Å². The average Bonchev–Trinajstić information content (AvgIpc) is 0.840. The molecule has 0 spiro atoms. The second-order valence-corrected chi connectivity index (χ2v) is 34.3. The van der Waals surface area contributed by atoms with Crippen LogP contribution >= 0.6 is 51.7 Å². The SMILES string of the molecule is C.C.C.C.C.CC(=O)N1CCC(Cc2cc(C(=O)O)ccn2)CC1.CC(=O)N1CCC(Nc2cc(C(=O)CCCCN3CCc4ccccc4C3)ccn2)CC1.CC(C)(C)OC(=O)NCCCBr.CC(C)(C)OC(=O)NCCCN1CCc2ccccc2C1.NCCCBr.NCCCN1CCc2ccccc2C1.O=P[B]Cl.c1ccc2c(c1)CCNC2. The third-order valence-electron chi connectivity index (χ3n) is 20.1. The lowest BCUT2D eigenvalue weighted by Gasteiger charge is -2.32. The number of carboxylic acid groups (broad SMARTS) is 1. The van der Waals surface area contributed by atoms with Gasteiger partial charge in [0.2, 0.25) is 11.8 Å². The van der Waals surface area contributed by atoms with Crippen LogP contribution in [-0.4, -0.2) is 208 Å². The van der Waals surface area contributed by atoms with Crippen LogP contribution in [-0.2, 0) is 81.9 Å². The number of hydrogen-bond donors (Lipinski definition) is 7. The first kappa shape index (κ1) is 115. The van der Waals surface area contributed by atoms with Gasteiger partial charge in [0.15, 0.2) is 5.78 Å². The quantitative estimate of drug-likeness (QED) is 0.00974. The Morgan fingerprint density at radius 1 is 0.541 bits per heavy atom. The molecule has 1 radical (unpaired) electrons. The minimum Gasteiger partial charge on any atom is -0.478 e. The summed E-state index contributed by atoms with van der Waals surface area (Å²) in [5, 5.41) is 23.1. The molecule has 28 heteroatoms. The van der Waals surface area contributed by atoms with E-state index in [1.54, 1.807) is 32.3 Å². The number of fused-ring (bicyclic) bond motifs is 4. The van der Waals surface area contributed by atoms with Crippen LogP contribution in [0.5, 0.6) is 0 Å². The van der Waals surface area contributed by atoms with Crippen molar-refractivity contribution < 1.29 is 47.9 Å². The summed E-state index contributed by atoms with van der Waals surface area (Å²) in [6.45, 7) is 32.3. The molecule has 6 aromatic rings. The number of rotatable bonds is 24. The number of ketones is 1. The molecule has 4 aromatic carbocycles. The first-order valence-corrected chi connectivity index (χ1v) is 45.1. The number of carbonyl (C=O) groups is 6. The van der Waals surface area contributed by atoms with Gasteiger partial charge in [0.1, 0.15) is 25.4 Å². The monoisotopic (exact) mass is 1860 g/mol. The Hall–Kier alpha value is -7.23. The third kappa shape index (κ3) is 48.3. The number of nitrogens with one attached hydrogen (secondary N) is 4. The molecule has 122 heavy (non-hydrogen) atoms. The van der Waals surface area contributed by atoms with Crippen LogP contribution < -0.4 is 32.7 Å². The van der Waals surface area contributed by atoms with Crippen molar-refractivity contribution >= 4 is 99.6 Å². The van der Waals surface area contributed by atoms with E-state index in [1.807, 2.05) is 63.5 Å². The topological polar surface area (TPSA) is 300 Å². The van der Waals surface area contributed by atoms with Crippen molar-refractivity contribution in [2.24, 2.45) is 17.4 Å². The predicted octanol–water partition coefficient (Wildman–Crippen LogP) is 18.4. The zero-order chi connectivity index (χ0) is 85.2. The van der Waals surface area contributed by atoms with Crippen molar-refractivity contribution in [3.63, 3.8) is 0 Å². The maximum atomic E-state index is 12.7. The maximum absolute atomic E-state index is 12.7. The van der Waals surface area contributed by atoms with Gasteiger partial charge in [-0.2, -0.15) is 11.5 Å². The molecule has 2 fully saturated rings. The van der Waals surface area contributed by atoms with Gasteiger partial charge < -0.3 is 57.1 Å². The Bertz CT molecular complexity index is 3880. The summed E-state index contributed by atoms with van der Waals surface area (Å²) < 4.78 is 19.3. The number of alkyl carbamates (subject to hydrolysis) is 2. The van der Waals surface area contributed by atoms with Gasteiger partial charge in [-0.05, 0) is 245 Å². The van der Waals surface area contributed by atoms with Gasteiger partial charge in [0, 0.05) is 152 Å². The molecule has 12 rings (SSSR count). The standard InChI is InChI=1S/C26H34N4O2.C17H26N2O2.C14H18N2O3.C12H18N2.C9H11N.C8H16BrNO2.C3H8BrN.5CH4.BClOP/c1-20(31)30-16-11-24(12-17-30)28-26-18-22(9-13-27-26)25(32)8-4-5-14-29-15-10-21-6-2-3-7-23(21)19-29;1-17(2,3)21-16(20)18-10-6-11-19-12-9-14-7-4-5-8-15(14)13-19;1-10(17)16-6-3-11(4-7-16)8-13-9-12(14(18)19)2-5-15-13;13-7-3-8-14-9-6-11-4-1-2-5-12(11)10-14;1-2-4-9-7-10-6-5-8(9)3-1;1-8(2,3)12-7(11)10-6-4-5-9;4-2-1-3-5;;;;;;2-1-4-3/h2-3,6-7,9,13,18,24H,4-5,8,10-12,14-17,19H2,1H3,(H,27,28);4-5,7-8H,6,9-13H2,1-3H3,(H,18,20);2,5,9,11H,3-4,6-8H2,1H3,(H,18,19);1-2,4-5H,3,6-10,13H2;1-4,10H,5-7H2;4-6H2,1-3H3,(H,10,11);1-3,5H2;5*1H4;. The number of ether oxygens (including phenoxy) is 2. The number of halogens is 3. The molecular formula is C94H151BBr2ClN13O10P. The lowest BCUT2D eigenvalue weighted by Crippen LogP contribution is -2.41. The van der Waals surface area contributed by atoms with Crippen LogP contribution in [0.25, 0.3) is 0 Å². The first-order valence-electron chi connectivity index (χ1n) is 41.5. The fraction of sp³-hybridized carbons (Fsp3) is 0.574. The number of nitrogens with two attached hydrogens (primary N) is 2. The Kier molecular flexibility index (Phi) is 61.5. The Balaban J connectivity index is 0.00000145. The molecule has 8 heterocycles. The number of likely N-dealkylation sites (tertiary alicyclic amines) is 2. The molecule has 0 unspecified atom stereocenters. The maximum Gasteiger partial charge on any atom is 0.407 e. The highest BCUT2D eigenvalue weighted by molar-refractivity contribution is 9.09. The molecule has 6 aliphatic heterocycles. The Morgan fingerprint density at radius 2 is 0.951 bits per heavy atom.